The molecule has 4 aromatic heterocycles. The topological polar surface area (TPSA) is 61.4 Å². The first-order chi connectivity index (χ1) is 26.5. The van der Waals surface area contributed by atoms with Gasteiger partial charge in [0.15, 0.2) is 16.8 Å². The Kier molecular flexibility index (Phi) is 7.39. The highest BCUT2D eigenvalue weighted by Gasteiger charge is 2.25. The predicted octanol–water partition coefficient (Wildman–Crippen LogP) is 12.6. The maximum absolute atomic E-state index is 5.34. The van der Waals surface area contributed by atoms with Gasteiger partial charge in [-0.2, -0.15) is 9.97 Å². The second kappa shape index (κ2) is 12.2. The molecule has 0 fully saturated rings. The van der Waals surface area contributed by atoms with E-state index in [4.69, 9.17) is 19.9 Å². The molecule has 0 N–H and O–H groups in total. The fourth-order valence-electron chi connectivity index (χ4n) is 7.82. The van der Waals surface area contributed by atoms with E-state index in [0.717, 1.165) is 64.7 Å². The van der Waals surface area contributed by atoms with Crippen LogP contribution in [0.25, 0.3) is 87.7 Å². The molecule has 55 heavy (non-hydrogen) atoms. The summed E-state index contributed by atoms with van der Waals surface area (Å²) in [6.45, 7) is 13.4. The van der Waals surface area contributed by atoms with Gasteiger partial charge < -0.3 is 0 Å². The third-order valence-corrected chi connectivity index (χ3v) is 11.8. The van der Waals surface area contributed by atoms with E-state index in [9.17, 15) is 0 Å². The van der Waals surface area contributed by atoms with Crippen LogP contribution in [0.3, 0.4) is 0 Å². The molecule has 0 aliphatic rings. The number of hydrogen-bond acceptors (Lipinski definition) is 5. The molecule has 0 spiro atoms. The van der Waals surface area contributed by atoms with Gasteiger partial charge in [0, 0.05) is 32.7 Å². The number of aromatic nitrogens is 6. The number of nitrogens with zero attached hydrogens (tertiary/aromatic N) is 6. The highest BCUT2D eigenvalue weighted by molar-refractivity contribution is 7.20. The molecule has 0 radical (unpaired) electrons. The van der Waals surface area contributed by atoms with Crippen LogP contribution in [0.5, 0.6) is 0 Å². The van der Waals surface area contributed by atoms with Gasteiger partial charge in [-0.25, -0.2) is 9.97 Å². The van der Waals surface area contributed by atoms with E-state index >= 15 is 0 Å². The minimum Gasteiger partial charge on any atom is -0.283 e. The molecule has 6 nitrogen and oxygen atoms in total. The largest absolute Gasteiger partial charge is 0.283 e. The van der Waals surface area contributed by atoms with Crippen LogP contribution in [0.2, 0.25) is 0 Å². The third-order valence-electron chi connectivity index (χ3n) is 10.8. The summed E-state index contributed by atoms with van der Waals surface area (Å²) < 4.78 is 5.74. The van der Waals surface area contributed by atoms with Crippen molar-refractivity contribution in [1.82, 2.24) is 29.1 Å². The van der Waals surface area contributed by atoms with Crippen LogP contribution in [0, 0.1) is 0 Å². The zero-order chi connectivity index (χ0) is 37.6. The molecule has 0 atom stereocenters. The second-order valence-corrected chi connectivity index (χ2v) is 17.5. The van der Waals surface area contributed by atoms with Crippen molar-refractivity contribution in [2.24, 2.45) is 0 Å². The van der Waals surface area contributed by atoms with Crippen LogP contribution >= 0.6 is 11.3 Å². The van der Waals surface area contributed by atoms with Gasteiger partial charge in [-0.05, 0) is 46.2 Å². The van der Waals surface area contributed by atoms with Crippen LogP contribution in [-0.2, 0) is 10.8 Å². The van der Waals surface area contributed by atoms with Crippen LogP contribution in [-0.4, -0.2) is 29.1 Å². The summed E-state index contributed by atoms with van der Waals surface area (Å²) in [5.74, 6) is 1.83. The Bertz CT molecular complexity index is 2990. The third kappa shape index (κ3) is 5.44. The van der Waals surface area contributed by atoms with Crippen molar-refractivity contribution in [2.75, 3.05) is 0 Å². The Balaban J connectivity index is 1.31. The van der Waals surface area contributed by atoms with Gasteiger partial charge >= 0.3 is 0 Å². The van der Waals surface area contributed by atoms with Crippen molar-refractivity contribution < 1.29 is 0 Å². The number of fused-ring (bicyclic) bond motifs is 8. The summed E-state index contributed by atoms with van der Waals surface area (Å²) >= 11 is 1.71. The maximum Gasteiger partial charge on any atom is 0.238 e. The highest BCUT2D eigenvalue weighted by Crippen LogP contribution is 2.42. The van der Waals surface area contributed by atoms with Crippen molar-refractivity contribution in [1.29, 1.82) is 0 Å². The van der Waals surface area contributed by atoms with E-state index < -0.39 is 0 Å². The van der Waals surface area contributed by atoms with E-state index in [2.05, 4.69) is 184 Å². The lowest BCUT2D eigenvalue weighted by Crippen LogP contribution is -2.11. The first kappa shape index (κ1) is 33.4. The number of para-hydroxylation sites is 3. The number of hydrogen-bond donors (Lipinski definition) is 0. The monoisotopic (exact) mass is 732 g/mol. The van der Waals surface area contributed by atoms with Gasteiger partial charge in [-0.15, -0.1) is 0 Å². The Morgan fingerprint density at radius 2 is 0.909 bits per heavy atom. The number of rotatable bonds is 4. The molecule has 0 unspecified atom stereocenters. The van der Waals surface area contributed by atoms with Gasteiger partial charge in [0.25, 0.3) is 0 Å². The number of thiazole rings is 1. The fourth-order valence-corrected chi connectivity index (χ4v) is 8.81. The molecule has 10 rings (SSSR count). The summed E-state index contributed by atoms with van der Waals surface area (Å²) in [7, 11) is 0. The molecule has 0 aliphatic carbocycles. The molecular formula is C48H40N6S. The number of benzene rings is 6. The predicted molar refractivity (Wildman–Crippen MR) is 230 cm³/mol. The SMILES string of the molecule is CC(C)(C)c1ccc(-c2nc(-c3ccc(C(C)(C)C)cc3)nc(-n3c4ccccc4c4ccc5c6ccccc6n(-c6nc7ccccc7s6)c5c43)n2)cc1. The molecule has 0 saturated heterocycles. The molecule has 7 heteroatoms. The van der Waals surface area contributed by atoms with E-state index in [-0.39, 0.29) is 10.8 Å². The normalized spacial score (nSPS) is 12.5. The van der Waals surface area contributed by atoms with Crippen molar-refractivity contribution in [3.8, 4) is 33.9 Å². The van der Waals surface area contributed by atoms with E-state index in [1.54, 1.807) is 11.3 Å². The molecule has 0 bridgehead atoms. The molecule has 6 aromatic carbocycles. The Morgan fingerprint density at radius 3 is 1.44 bits per heavy atom. The van der Waals surface area contributed by atoms with Gasteiger partial charge in [0.1, 0.15) is 0 Å². The van der Waals surface area contributed by atoms with Crippen molar-refractivity contribution in [2.45, 2.75) is 52.4 Å². The summed E-state index contributed by atoms with van der Waals surface area (Å²) in [4.78, 5) is 21.0. The average molecular weight is 733 g/mol. The summed E-state index contributed by atoms with van der Waals surface area (Å²) in [5, 5.41) is 5.50. The fraction of sp³-hybridized carbons (Fsp3) is 0.167. The summed E-state index contributed by atoms with van der Waals surface area (Å²) in [6, 6.07) is 47.4. The molecule has 0 aliphatic heterocycles. The quantitative estimate of drug-likeness (QED) is 0.181. The minimum atomic E-state index is 0.0266. The van der Waals surface area contributed by atoms with Gasteiger partial charge in [0.05, 0.1) is 32.3 Å². The van der Waals surface area contributed by atoms with Gasteiger partial charge in [0.2, 0.25) is 5.95 Å². The van der Waals surface area contributed by atoms with Gasteiger partial charge in [-0.1, -0.05) is 162 Å². The molecule has 0 amide bonds. The summed E-state index contributed by atoms with van der Waals surface area (Å²) in [5.41, 5.74) is 9.69. The summed E-state index contributed by atoms with van der Waals surface area (Å²) in [6.07, 6.45) is 0. The molecule has 4 heterocycles. The second-order valence-electron chi connectivity index (χ2n) is 16.5. The molecule has 10 aromatic rings. The van der Waals surface area contributed by atoms with Crippen LogP contribution in [0.1, 0.15) is 52.7 Å². The van der Waals surface area contributed by atoms with Crippen LogP contribution in [0.15, 0.2) is 133 Å². The zero-order valence-electron chi connectivity index (χ0n) is 31.8. The van der Waals surface area contributed by atoms with Crippen molar-refractivity contribution in [3.63, 3.8) is 0 Å². The molecule has 268 valence electrons. The molecular weight excluding hydrogens is 693 g/mol. The highest BCUT2D eigenvalue weighted by atomic mass is 32.1. The van der Waals surface area contributed by atoms with Crippen molar-refractivity contribution in [3.05, 3.63) is 145 Å². The smallest absolute Gasteiger partial charge is 0.238 e. The van der Waals surface area contributed by atoms with E-state index in [1.165, 1.54) is 16.5 Å². The minimum absolute atomic E-state index is 0.0266. The Labute approximate surface area is 323 Å². The van der Waals surface area contributed by atoms with Gasteiger partial charge in [-0.3, -0.25) is 9.13 Å². The van der Waals surface area contributed by atoms with Crippen molar-refractivity contribution >= 4 is 65.2 Å². The van der Waals surface area contributed by atoms with E-state index in [1.807, 2.05) is 0 Å². The first-order valence-corrected chi connectivity index (χ1v) is 19.6. The first-order valence-electron chi connectivity index (χ1n) is 18.8. The Morgan fingerprint density at radius 1 is 0.436 bits per heavy atom. The average Bonchev–Trinajstić information content (AvgIpc) is 3.87. The molecule has 0 saturated carbocycles. The van der Waals surface area contributed by atoms with Crippen LogP contribution in [0.4, 0.5) is 0 Å². The standard InChI is InChI=1S/C48H40N6S/c1-47(2,3)31-23-19-29(20-24-31)43-50-44(30-21-25-32(26-22-30)48(4,5)6)52-45(51-43)53-38-16-10-7-13-33(38)35-27-28-36-34-14-8-11-17-39(34)54(42(36)41(35)53)46-49-37-15-9-12-18-40(37)55-46/h7-28H,1-6H3. The lowest BCUT2D eigenvalue weighted by molar-refractivity contribution is 0.590. The van der Waals surface area contributed by atoms with Crippen LogP contribution < -0.4 is 0 Å². The lowest BCUT2D eigenvalue weighted by atomic mass is 9.86. The van der Waals surface area contributed by atoms with E-state index in [0.29, 0.717) is 17.6 Å². The Hall–Kier alpha value is -6.18. The maximum atomic E-state index is 5.34. The lowest BCUT2D eigenvalue weighted by Gasteiger charge is -2.19. The zero-order valence-corrected chi connectivity index (χ0v) is 32.6.